The van der Waals surface area contributed by atoms with Crippen molar-refractivity contribution in [1.29, 1.82) is 0 Å². The Morgan fingerprint density at radius 3 is 2.43 bits per heavy atom. The summed E-state index contributed by atoms with van der Waals surface area (Å²) < 4.78 is 35.5. The predicted molar refractivity (Wildman–Crippen MR) is 99.2 cm³/mol. The van der Waals surface area contributed by atoms with Gasteiger partial charge in [0.2, 0.25) is 11.0 Å². The highest BCUT2D eigenvalue weighted by Gasteiger charge is 2.13. The molecule has 0 unspecified atom stereocenters. The fourth-order valence-corrected chi connectivity index (χ4v) is 2.85. The van der Waals surface area contributed by atoms with E-state index < -0.39 is 30.0 Å². The van der Waals surface area contributed by atoms with Gasteiger partial charge in [0, 0.05) is 28.7 Å². The lowest BCUT2D eigenvalue weighted by Crippen LogP contribution is -2.32. The Labute approximate surface area is 162 Å². The molecule has 2 amide bonds. The van der Waals surface area contributed by atoms with Gasteiger partial charge in [-0.1, -0.05) is 0 Å². The van der Waals surface area contributed by atoms with Crippen molar-refractivity contribution in [1.82, 2.24) is 14.7 Å². The van der Waals surface area contributed by atoms with Crippen molar-refractivity contribution in [3.05, 3.63) is 59.7 Å². The molecule has 7 nitrogen and oxygen atoms in total. The molecule has 0 saturated heterocycles. The standard InChI is InChI=1S/C18H14F2N4O3S/c1-27-14-4-2-10(3-5-14)16-23-18(28-24-16)22-15(25)9-21-17(26)11-6-12(19)8-13(20)7-11/h2-8H,9H2,1H3,(H,21,26)(H,22,23,24,25). The first kappa shape index (κ1) is 19.4. The molecule has 1 aromatic heterocycles. The Kier molecular flexibility index (Phi) is 5.90. The second kappa shape index (κ2) is 8.53. The molecule has 0 aliphatic rings. The van der Waals surface area contributed by atoms with Gasteiger partial charge in [-0.05, 0) is 36.4 Å². The zero-order valence-corrected chi connectivity index (χ0v) is 15.3. The van der Waals surface area contributed by atoms with E-state index in [2.05, 4.69) is 20.0 Å². The van der Waals surface area contributed by atoms with E-state index in [1.165, 1.54) is 0 Å². The van der Waals surface area contributed by atoms with Crippen molar-refractivity contribution in [2.45, 2.75) is 0 Å². The van der Waals surface area contributed by atoms with Gasteiger partial charge in [0.1, 0.15) is 17.4 Å². The topological polar surface area (TPSA) is 93.2 Å². The number of carbonyl (C=O) groups excluding carboxylic acids is 2. The van der Waals surface area contributed by atoms with Gasteiger partial charge in [-0.2, -0.15) is 9.36 Å². The number of ether oxygens (including phenoxy) is 1. The summed E-state index contributed by atoms with van der Waals surface area (Å²) in [6, 6.07) is 9.50. The molecule has 0 aliphatic heterocycles. The Balaban J connectivity index is 1.56. The van der Waals surface area contributed by atoms with Gasteiger partial charge in [0.15, 0.2) is 5.82 Å². The number of carbonyl (C=O) groups is 2. The molecule has 2 aromatic carbocycles. The van der Waals surface area contributed by atoms with Gasteiger partial charge in [0.05, 0.1) is 13.7 Å². The molecule has 0 bridgehead atoms. The van der Waals surface area contributed by atoms with E-state index in [1.807, 2.05) is 0 Å². The van der Waals surface area contributed by atoms with Crippen LogP contribution in [0.15, 0.2) is 42.5 Å². The molecule has 0 atom stereocenters. The molecular weight excluding hydrogens is 390 g/mol. The summed E-state index contributed by atoms with van der Waals surface area (Å²) >= 11 is 0.981. The van der Waals surface area contributed by atoms with Crippen molar-refractivity contribution in [2.24, 2.45) is 0 Å². The van der Waals surface area contributed by atoms with Crippen LogP contribution in [0.4, 0.5) is 13.9 Å². The lowest BCUT2D eigenvalue weighted by molar-refractivity contribution is -0.115. The predicted octanol–water partition coefficient (Wildman–Crippen LogP) is 2.86. The third-order valence-electron chi connectivity index (χ3n) is 3.55. The highest BCUT2D eigenvalue weighted by Crippen LogP contribution is 2.23. The molecule has 144 valence electrons. The zero-order valence-electron chi connectivity index (χ0n) is 14.5. The molecule has 0 saturated carbocycles. The highest BCUT2D eigenvalue weighted by molar-refractivity contribution is 7.10. The summed E-state index contributed by atoms with van der Waals surface area (Å²) in [5.74, 6) is -1.96. The maximum Gasteiger partial charge on any atom is 0.251 e. The Morgan fingerprint density at radius 1 is 1.11 bits per heavy atom. The maximum absolute atomic E-state index is 13.1. The summed E-state index contributed by atoms with van der Waals surface area (Å²) in [7, 11) is 1.56. The molecule has 0 fully saturated rings. The number of hydrogen-bond donors (Lipinski definition) is 2. The summed E-state index contributed by atoms with van der Waals surface area (Å²) in [6.07, 6.45) is 0. The number of anilines is 1. The molecule has 3 aromatic rings. The molecular formula is C18H14F2N4O3S. The van der Waals surface area contributed by atoms with Crippen molar-refractivity contribution in [2.75, 3.05) is 19.0 Å². The number of nitrogens with zero attached hydrogens (tertiary/aromatic N) is 2. The van der Waals surface area contributed by atoms with Crippen LogP contribution in [0.2, 0.25) is 0 Å². The average Bonchev–Trinajstić information content (AvgIpc) is 3.13. The van der Waals surface area contributed by atoms with Crippen LogP contribution in [0.3, 0.4) is 0 Å². The molecule has 0 aliphatic carbocycles. The minimum absolute atomic E-state index is 0.219. The van der Waals surface area contributed by atoms with Gasteiger partial charge in [0.25, 0.3) is 5.91 Å². The molecule has 3 rings (SSSR count). The summed E-state index contributed by atoms with van der Waals surface area (Å²) in [5, 5.41) is 5.04. The van der Waals surface area contributed by atoms with Crippen molar-refractivity contribution in [3.63, 3.8) is 0 Å². The van der Waals surface area contributed by atoms with Crippen molar-refractivity contribution >= 4 is 28.5 Å². The fourth-order valence-electron chi connectivity index (χ4n) is 2.24. The van der Waals surface area contributed by atoms with Crippen molar-refractivity contribution in [3.8, 4) is 17.1 Å². The van der Waals surface area contributed by atoms with Crippen molar-refractivity contribution < 1.29 is 23.1 Å². The van der Waals surface area contributed by atoms with Crippen LogP contribution in [-0.2, 0) is 4.79 Å². The van der Waals surface area contributed by atoms with Crippen LogP contribution in [0.1, 0.15) is 10.4 Å². The number of nitrogens with one attached hydrogen (secondary N) is 2. The SMILES string of the molecule is COc1ccc(-c2nsc(NC(=O)CNC(=O)c3cc(F)cc(F)c3)n2)cc1. The highest BCUT2D eigenvalue weighted by atomic mass is 32.1. The molecule has 1 heterocycles. The average molecular weight is 404 g/mol. The van der Waals surface area contributed by atoms with Crippen LogP contribution < -0.4 is 15.4 Å². The van der Waals surface area contributed by atoms with Crippen LogP contribution in [0.5, 0.6) is 5.75 Å². The molecule has 0 radical (unpaired) electrons. The smallest absolute Gasteiger partial charge is 0.251 e. The minimum Gasteiger partial charge on any atom is -0.497 e. The minimum atomic E-state index is -0.880. The number of hydrogen-bond acceptors (Lipinski definition) is 6. The fraction of sp³-hybridized carbons (Fsp3) is 0.111. The Hall–Kier alpha value is -3.40. The third-order valence-corrected chi connectivity index (χ3v) is 4.19. The van der Waals surface area contributed by atoms with E-state index in [-0.39, 0.29) is 10.7 Å². The number of benzene rings is 2. The van der Waals surface area contributed by atoms with E-state index in [1.54, 1.807) is 31.4 Å². The number of rotatable bonds is 6. The van der Waals surface area contributed by atoms with Gasteiger partial charge >= 0.3 is 0 Å². The monoisotopic (exact) mass is 404 g/mol. The molecule has 0 spiro atoms. The molecule has 2 N–H and O–H groups in total. The van der Waals surface area contributed by atoms with Crippen LogP contribution in [0, 0.1) is 11.6 Å². The lowest BCUT2D eigenvalue weighted by Gasteiger charge is -2.05. The quantitative estimate of drug-likeness (QED) is 0.659. The second-order valence-electron chi connectivity index (χ2n) is 5.54. The first-order chi connectivity index (χ1) is 13.4. The van der Waals surface area contributed by atoms with Crippen LogP contribution >= 0.6 is 11.5 Å². The lowest BCUT2D eigenvalue weighted by atomic mass is 10.2. The normalized spacial score (nSPS) is 10.4. The number of methoxy groups -OCH3 is 1. The van der Waals surface area contributed by atoms with Gasteiger partial charge in [-0.25, -0.2) is 8.78 Å². The first-order valence-electron chi connectivity index (χ1n) is 7.97. The number of halogens is 2. The zero-order chi connectivity index (χ0) is 20.1. The second-order valence-corrected chi connectivity index (χ2v) is 6.29. The number of amides is 2. The van der Waals surface area contributed by atoms with Gasteiger partial charge in [-0.15, -0.1) is 0 Å². The van der Waals surface area contributed by atoms with E-state index in [4.69, 9.17) is 4.74 Å². The summed E-state index contributed by atoms with van der Waals surface area (Å²) in [5.41, 5.74) is 0.530. The maximum atomic E-state index is 13.1. The van der Waals surface area contributed by atoms with Crippen LogP contribution in [-0.4, -0.2) is 34.8 Å². The number of aromatic nitrogens is 2. The van der Waals surface area contributed by atoms with E-state index >= 15 is 0 Å². The van der Waals surface area contributed by atoms with Gasteiger partial charge in [-0.3, -0.25) is 14.9 Å². The van der Waals surface area contributed by atoms with Crippen LogP contribution in [0.25, 0.3) is 11.4 Å². The van der Waals surface area contributed by atoms with E-state index in [0.717, 1.165) is 29.2 Å². The largest absolute Gasteiger partial charge is 0.497 e. The summed E-state index contributed by atoms with van der Waals surface area (Å²) in [6.45, 7) is -0.394. The molecule has 10 heteroatoms. The Bertz CT molecular complexity index is 988. The van der Waals surface area contributed by atoms with Gasteiger partial charge < -0.3 is 10.1 Å². The van der Waals surface area contributed by atoms with E-state index in [9.17, 15) is 18.4 Å². The first-order valence-corrected chi connectivity index (χ1v) is 8.74. The third kappa shape index (κ3) is 4.86. The van der Waals surface area contributed by atoms with E-state index in [0.29, 0.717) is 17.6 Å². The molecule has 28 heavy (non-hydrogen) atoms. The Morgan fingerprint density at radius 2 is 1.79 bits per heavy atom. The summed E-state index contributed by atoms with van der Waals surface area (Å²) in [4.78, 5) is 28.1.